The fraction of sp³-hybridized carbons (Fsp3) is 0.619. The van der Waals surface area contributed by atoms with Crippen molar-refractivity contribution in [2.45, 2.75) is 55.8 Å². The third-order valence-corrected chi connectivity index (χ3v) is 34.5. The third kappa shape index (κ3) is 3.93. The predicted octanol–water partition coefficient (Wildman–Crippen LogP) is 6.90. The molecule has 25 heavy (non-hydrogen) atoms. The summed E-state index contributed by atoms with van der Waals surface area (Å²) in [5.74, 6) is 3.91. The van der Waals surface area contributed by atoms with Crippen LogP contribution in [0, 0.1) is 23.7 Å². The van der Waals surface area contributed by atoms with E-state index in [9.17, 15) is 0 Å². The van der Waals surface area contributed by atoms with Crippen molar-refractivity contribution in [2.24, 2.45) is 23.7 Å². The van der Waals surface area contributed by atoms with Gasteiger partial charge >= 0.3 is 150 Å². The molecule has 0 saturated heterocycles. The van der Waals surface area contributed by atoms with Crippen LogP contribution in [0.5, 0.6) is 0 Å². The maximum absolute atomic E-state index is 2.67. The first-order valence-corrected chi connectivity index (χ1v) is 21.3. The van der Waals surface area contributed by atoms with Gasteiger partial charge in [-0.05, 0) is 0 Å². The van der Waals surface area contributed by atoms with Gasteiger partial charge in [-0.1, -0.05) is 0 Å². The SMILES string of the molecule is CC1=[C]([Hf]([CH]2C3C=CC=CC3C3CCCCC32)=[Si](C)C)CC=C1.Cl.Cl. The molecule has 0 aromatic heterocycles. The molecule has 0 nitrogen and oxygen atoms in total. The molecule has 0 aliphatic heterocycles. The van der Waals surface area contributed by atoms with Gasteiger partial charge in [0.15, 0.2) is 0 Å². The molecule has 5 unspecified atom stereocenters. The maximum Gasteiger partial charge on any atom is -0.147 e. The fourth-order valence-corrected chi connectivity index (χ4v) is 36.8. The van der Waals surface area contributed by atoms with Gasteiger partial charge in [-0.2, -0.15) is 0 Å². The van der Waals surface area contributed by atoms with Gasteiger partial charge in [0.25, 0.3) is 0 Å². The summed E-state index contributed by atoms with van der Waals surface area (Å²) in [6.45, 7) is 7.74. The summed E-state index contributed by atoms with van der Waals surface area (Å²) < 4.78 is 3.15. The van der Waals surface area contributed by atoms with Crippen LogP contribution in [0.2, 0.25) is 16.8 Å². The van der Waals surface area contributed by atoms with Crippen LogP contribution in [0.1, 0.15) is 39.0 Å². The fourth-order valence-electron chi connectivity index (χ4n) is 6.01. The van der Waals surface area contributed by atoms with E-state index in [4.69, 9.17) is 0 Å². The van der Waals surface area contributed by atoms with Crippen molar-refractivity contribution in [1.29, 1.82) is 0 Å². The van der Waals surface area contributed by atoms with E-state index in [-0.39, 0.29) is 30.3 Å². The van der Waals surface area contributed by atoms with Crippen molar-refractivity contribution in [3.05, 3.63) is 45.4 Å². The topological polar surface area (TPSA) is 0 Å². The average Bonchev–Trinajstić information content (AvgIpc) is 3.11. The maximum atomic E-state index is 2.67. The Morgan fingerprint density at radius 2 is 1.60 bits per heavy atom. The Bertz CT molecular complexity index is 655. The first-order valence-electron chi connectivity index (χ1n) is 9.57. The minimum Gasteiger partial charge on any atom is -0.147 e. The molecule has 4 heteroatoms. The van der Waals surface area contributed by atoms with E-state index < -0.39 is 20.1 Å². The van der Waals surface area contributed by atoms with E-state index in [1.54, 1.807) is 12.0 Å². The third-order valence-electron chi connectivity index (χ3n) is 6.83. The second kappa shape index (κ2) is 9.21. The van der Waals surface area contributed by atoms with Crippen LogP contribution < -0.4 is 0 Å². The van der Waals surface area contributed by atoms with Gasteiger partial charge in [0.05, 0.1) is 0 Å². The Balaban J connectivity index is 0.00000113. The summed E-state index contributed by atoms with van der Waals surface area (Å²) in [5, 5.41) is 0. The summed E-state index contributed by atoms with van der Waals surface area (Å²) in [5.41, 5.74) is 1.57. The summed E-state index contributed by atoms with van der Waals surface area (Å²) in [7, 11) is 0. The van der Waals surface area contributed by atoms with Crippen LogP contribution in [0.4, 0.5) is 0 Å². The average molecular weight is 562 g/mol. The Kier molecular flexibility index (Phi) is 8.08. The number of hydrogen-bond donors (Lipinski definition) is 0. The zero-order chi connectivity index (χ0) is 16.0. The summed E-state index contributed by atoms with van der Waals surface area (Å²) in [6, 6.07) is 0. The van der Waals surface area contributed by atoms with Crippen molar-refractivity contribution >= 4 is 30.3 Å². The van der Waals surface area contributed by atoms with Crippen LogP contribution in [0.25, 0.3) is 0 Å². The summed E-state index contributed by atoms with van der Waals surface area (Å²) in [6.07, 6.45) is 22.3. The van der Waals surface area contributed by atoms with Gasteiger partial charge in [0.1, 0.15) is 0 Å². The second-order valence-electron chi connectivity index (χ2n) is 8.24. The van der Waals surface area contributed by atoms with Gasteiger partial charge in [-0.15, -0.1) is 24.8 Å². The van der Waals surface area contributed by atoms with Crippen LogP contribution in [-0.4, -0.2) is 5.49 Å². The predicted molar refractivity (Wildman–Crippen MR) is 113 cm³/mol. The standard InChI is InChI=1S/C13H17.C6H7.C2H6Si.2ClH.Hf/c1-3-7-12-10(5-1)9-11-6-2-4-8-13(11)12;1-6-4-2-3-5-6;1-3-2;;;/h1,3,5,7,9-13H,2,4,6,8H2;2,4H,3H2,1H3;1-2H3;2*1H;. The van der Waals surface area contributed by atoms with Gasteiger partial charge in [0.2, 0.25) is 0 Å². The summed E-state index contributed by atoms with van der Waals surface area (Å²) >= 11 is -1.73. The molecule has 0 aromatic rings. The zero-order valence-electron chi connectivity index (χ0n) is 15.7. The minimum absolute atomic E-state index is 0. The molecule has 0 aromatic carbocycles. The smallest absolute Gasteiger partial charge is 0.147 e. The first kappa shape index (κ1) is 21.9. The molecule has 4 aliphatic rings. The van der Waals surface area contributed by atoms with E-state index in [1.165, 1.54) is 25.7 Å². The summed E-state index contributed by atoms with van der Waals surface area (Å²) in [4.78, 5) is 0. The molecule has 0 spiro atoms. The number of halogens is 2. The Morgan fingerprint density at radius 1 is 0.960 bits per heavy atom. The second-order valence-corrected chi connectivity index (χ2v) is 33.0. The molecule has 4 aliphatic carbocycles. The van der Waals surface area contributed by atoms with Crippen LogP contribution in [0.15, 0.2) is 45.4 Å². The van der Waals surface area contributed by atoms with Crippen molar-refractivity contribution in [2.75, 3.05) is 0 Å². The van der Waals surface area contributed by atoms with Gasteiger partial charge in [0, 0.05) is 0 Å². The number of rotatable bonds is 2. The Labute approximate surface area is 174 Å². The molecular weight excluding hydrogens is 530 g/mol. The quantitative estimate of drug-likeness (QED) is 0.322. The molecule has 0 radical (unpaired) electrons. The minimum atomic E-state index is -1.73. The van der Waals surface area contributed by atoms with Crippen LogP contribution >= 0.6 is 24.8 Å². The normalized spacial score (nSPS) is 34.9. The largest absolute Gasteiger partial charge is 0.147 e. The Hall–Kier alpha value is 0.627. The van der Waals surface area contributed by atoms with E-state index >= 15 is 0 Å². The monoisotopic (exact) mass is 562 g/mol. The molecule has 5 atom stereocenters. The van der Waals surface area contributed by atoms with Crippen molar-refractivity contribution in [3.63, 3.8) is 0 Å². The van der Waals surface area contributed by atoms with Crippen LogP contribution in [0.3, 0.4) is 0 Å². The van der Waals surface area contributed by atoms with Crippen molar-refractivity contribution < 1.29 is 20.1 Å². The molecular formula is C21H32Cl2HfSi. The number of hydrogen-bond acceptors (Lipinski definition) is 0. The molecule has 4 rings (SSSR count). The van der Waals surface area contributed by atoms with E-state index in [0.717, 1.165) is 27.3 Å². The van der Waals surface area contributed by atoms with E-state index in [2.05, 4.69) is 56.5 Å². The van der Waals surface area contributed by atoms with Gasteiger partial charge in [-0.25, -0.2) is 0 Å². The molecule has 0 amide bonds. The molecule has 2 fully saturated rings. The van der Waals surface area contributed by atoms with Crippen molar-refractivity contribution in [3.8, 4) is 0 Å². The molecule has 138 valence electrons. The number of allylic oxidation sites excluding steroid dienone is 8. The molecule has 0 bridgehead atoms. The molecule has 0 heterocycles. The molecule has 2 saturated carbocycles. The van der Waals surface area contributed by atoms with Crippen LogP contribution in [-0.2, 0) is 20.1 Å². The van der Waals surface area contributed by atoms with Gasteiger partial charge < -0.3 is 0 Å². The van der Waals surface area contributed by atoms with E-state index in [0.29, 0.717) is 0 Å². The Morgan fingerprint density at radius 3 is 2.20 bits per heavy atom. The number of fused-ring (bicyclic) bond motifs is 3. The van der Waals surface area contributed by atoms with E-state index in [1.807, 2.05) is 3.33 Å². The zero-order valence-corrected chi connectivity index (χ0v) is 21.9. The molecule has 0 N–H and O–H groups in total. The van der Waals surface area contributed by atoms with Gasteiger partial charge in [-0.3, -0.25) is 0 Å². The first-order chi connectivity index (χ1) is 11.2. The van der Waals surface area contributed by atoms with Crippen molar-refractivity contribution in [1.82, 2.24) is 0 Å².